The van der Waals surface area contributed by atoms with Crippen molar-refractivity contribution in [3.63, 3.8) is 0 Å². The fraction of sp³-hybridized carbons (Fsp3) is 0.423. The molecular formula is C26H28O15. The van der Waals surface area contributed by atoms with Crippen molar-refractivity contribution in [2.75, 3.05) is 13.2 Å². The molecule has 0 aliphatic carbocycles. The predicted molar refractivity (Wildman–Crippen MR) is 134 cm³/mol. The lowest BCUT2D eigenvalue weighted by molar-refractivity contribution is -0.325. The number of aromatic hydroxyl groups is 4. The van der Waals surface area contributed by atoms with Gasteiger partial charge in [-0.1, -0.05) is 0 Å². The first-order valence-corrected chi connectivity index (χ1v) is 12.4. The Labute approximate surface area is 229 Å². The van der Waals surface area contributed by atoms with E-state index in [0.717, 1.165) is 24.3 Å². The van der Waals surface area contributed by atoms with Crippen molar-refractivity contribution in [1.29, 1.82) is 0 Å². The molecule has 3 aromatic rings. The third kappa shape index (κ3) is 5.07. The minimum atomic E-state index is -1.88. The minimum absolute atomic E-state index is 0.111. The molecule has 2 saturated heterocycles. The summed E-state index contributed by atoms with van der Waals surface area (Å²) in [7, 11) is 0. The van der Waals surface area contributed by atoms with Crippen LogP contribution in [-0.2, 0) is 14.2 Å². The van der Waals surface area contributed by atoms with E-state index in [-0.39, 0.29) is 16.9 Å². The van der Waals surface area contributed by atoms with Gasteiger partial charge in [-0.05, 0) is 18.2 Å². The largest absolute Gasteiger partial charge is 0.507 e. The molecule has 0 spiro atoms. The molecule has 15 nitrogen and oxygen atoms in total. The van der Waals surface area contributed by atoms with Crippen LogP contribution >= 0.6 is 0 Å². The van der Waals surface area contributed by atoms with Gasteiger partial charge in [-0.3, -0.25) is 4.79 Å². The molecule has 0 radical (unpaired) electrons. The maximum Gasteiger partial charge on any atom is 0.197 e. The third-order valence-corrected chi connectivity index (χ3v) is 7.15. The number of phenols is 4. The number of rotatable bonds is 5. The molecule has 0 bridgehead atoms. The predicted octanol–water partition coefficient (Wildman–Crippen LogP) is -1.74. The fourth-order valence-corrected chi connectivity index (χ4v) is 4.94. The van der Waals surface area contributed by atoms with Crippen LogP contribution < -0.4 is 5.43 Å². The Balaban J connectivity index is 1.67. The molecule has 1 aromatic heterocycles. The normalized spacial score (nSPS) is 32.3. The van der Waals surface area contributed by atoms with Gasteiger partial charge in [-0.15, -0.1) is 0 Å². The van der Waals surface area contributed by atoms with Crippen molar-refractivity contribution in [1.82, 2.24) is 0 Å². The van der Waals surface area contributed by atoms with Gasteiger partial charge < -0.3 is 69.7 Å². The molecule has 5 rings (SSSR count). The molecule has 41 heavy (non-hydrogen) atoms. The first kappa shape index (κ1) is 29.0. The number of aliphatic hydroxyl groups excluding tert-OH is 6. The standard InChI is InChI=1S/C26H28O15/c27-6-16-20(35)21(36)25(41-26-22(37)19(34)14(33)7-38-26)24(40-16)18-12(31)4-11(30)17-13(32)5-15(39-23(17)18)8-1-2-9(28)10(29)3-8/h1-5,14,16,19-22,24-31,33-37H,6-7H2/t14-,16+,19-,20+,21-,22+,24-,25+,26-/m0/s1. The Hall–Kier alpha value is -3.51. The van der Waals surface area contributed by atoms with E-state index in [0.29, 0.717) is 0 Å². The second-order valence-corrected chi connectivity index (χ2v) is 9.82. The SMILES string of the molecule is O=c1cc(-c2ccc(O)c(O)c2)oc2c([C@@H]3O[C@H](CO)[C@@H](O)[C@H](O)[C@H]3O[C@@H]3OC[C@H](O)[C@H](O)[C@H]3O)c(O)cc(O)c12. The lowest BCUT2D eigenvalue weighted by atomic mass is 9.89. The Morgan fingerprint density at radius 2 is 1.56 bits per heavy atom. The third-order valence-electron chi connectivity index (χ3n) is 7.15. The summed E-state index contributed by atoms with van der Waals surface area (Å²) >= 11 is 0. The topological polar surface area (TPSA) is 260 Å². The monoisotopic (exact) mass is 580 g/mol. The van der Waals surface area contributed by atoms with Gasteiger partial charge in [0.1, 0.15) is 71.5 Å². The number of aliphatic hydroxyl groups is 6. The number of ether oxygens (including phenoxy) is 3. The van der Waals surface area contributed by atoms with Gasteiger partial charge in [0.15, 0.2) is 28.8 Å². The van der Waals surface area contributed by atoms with E-state index in [1.54, 1.807) is 0 Å². The fourth-order valence-electron chi connectivity index (χ4n) is 4.94. The smallest absolute Gasteiger partial charge is 0.197 e. The van der Waals surface area contributed by atoms with E-state index >= 15 is 0 Å². The van der Waals surface area contributed by atoms with Crippen molar-refractivity contribution in [3.05, 3.63) is 46.1 Å². The van der Waals surface area contributed by atoms with E-state index in [1.165, 1.54) is 6.07 Å². The molecule has 2 aliphatic rings. The van der Waals surface area contributed by atoms with Crippen LogP contribution in [0.25, 0.3) is 22.3 Å². The number of benzene rings is 2. The summed E-state index contributed by atoms with van der Waals surface area (Å²) in [6.07, 6.45) is -15.1. The molecule has 222 valence electrons. The minimum Gasteiger partial charge on any atom is -0.507 e. The van der Waals surface area contributed by atoms with Crippen LogP contribution in [0.4, 0.5) is 0 Å². The first-order valence-electron chi connectivity index (χ1n) is 12.4. The van der Waals surface area contributed by atoms with Crippen LogP contribution in [-0.4, -0.2) is 113 Å². The summed E-state index contributed by atoms with van der Waals surface area (Å²) in [6.45, 7) is -1.28. The first-order chi connectivity index (χ1) is 19.4. The van der Waals surface area contributed by atoms with Crippen molar-refractivity contribution >= 4 is 11.0 Å². The molecule has 0 saturated carbocycles. The molecule has 0 amide bonds. The molecule has 15 heteroatoms. The Kier molecular flexibility index (Phi) is 7.82. The number of phenolic OH excluding ortho intramolecular Hbond substituents is 4. The Morgan fingerprint density at radius 1 is 0.829 bits per heavy atom. The van der Waals surface area contributed by atoms with Crippen molar-refractivity contribution < 1.29 is 69.7 Å². The zero-order valence-electron chi connectivity index (χ0n) is 21.0. The molecule has 2 fully saturated rings. The second-order valence-electron chi connectivity index (χ2n) is 9.82. The van der Waals surface area contributed by atoms with E-state index < -0.39 is 108 Å². The van der Waals surface area contributed by atoms with Crippen LogP contribution in [0.5, 0.6) is 23.0 Å². The molecular weight excluding hydrogens is 552 g/mol. The lowest BCUT2D eigenvalue weighted by Crippen LogP contribution is -2.60. The molecule has 2 aliphatic heterocycles. The zero-order chi connectivity index (χ0) is 29.7. The maximum atomic E-state index is 13.1. The Morgan fingerprint density at radius 3 is 2.24 bits per heavy atom. The molecule has 2 aromatic carbocycles. The van der Waals surface area contributed by atoms with Crippen LogP contribution in [0.15, 0.2) is 39.5 Å². The van der Waals surface area contributed by atoms with Crippen LogP contribution in [0.3, 0.4) is 0 Å². The number of fused-ring (bicyclic) bond motifs is 1. The second kappa shape index (κ2) is 11.1. The van der Waals surface area contributed by atoms with Gasteiger partial charge in [0.25, 0.3) is 0 Å². The van der Waals surface area contributed by atoms with Crippen LogP contribution in [0, 0.1) is 0 Å². The van der Waals surface area contributed by atoms with Gasteiger partial charge in [0.05, 0.1) is 18.8 Å². The van der Waals surface area contributed by atoms with Crippen molar-refractivity contribution in [2.45, 2.75) is 55.1 Å². The average molecular weight is 580 g/mol. The summed E-state index contributed by atoms with van der Waals surface area (Å²) in [6, 6.07) is 5.33. The molecule has 10 N–H and O–H groups in total. The highest BCUT2D eigenvalue weighted by Gasteiger charge is 2.50. The summed E-state index contributed by atoms with van der Waals surface area (Å²) in [5.41, 5.74) is -1.53. The quantitative estimate of drug-likeness (QED) is 0.150. The molecule has 3 heterocycles. The van der Waals surface area contributed by atoms with Crippen LogP contribution in [0.2, 0.25) is 0 Å². The van der Waals surface area contributed by atoms with Gasteiger partial charge >= 0.3 is 0 Å². The summed E-state index contributed by atoms with van der Waals surface area (Å²) < 4.78 is 22.6. The maximum absolute atomic E-state index is 13.1. The van der Waals surface area contributed by atoms with Gasteiger partial charge in [-0.2, -0.15) is 0 Å². The van der Waals surface area contributed by atoms with E-state index in [9.17, 15) is 55.9 Å². The van der Waals surface area contributed by atoms with E-state index in [1.807, 2.05) is 0 Å². The number of hydrogen-bond donors (Lipinski definition) is 10. The van der Waals surface area contributed by atoms with Gasteiger partial charge in [0, 0.05) is 17.7 Å². The number of hydrogen-bond acceptors (Lipinski definition) is 15. The van der Waals surface area contributed by atoms with E-state index in [4.69, 9.17) is 18.6 Å². The Bertz CT molecular complexity index is 1490. The average Bonchev–Trinajstić information content (AvgIpc) is 2.93. The summed E-state index contributed by atoms with van der Waals surface area (Å²) in [5.74, 6) is -2.57. The van der Waals surface area contributed by atoms with Gasteiger partial charge in [0.2, 0.25) is 0 Å². The highest BCUT2D eigenvalue weighted by Crippen LogP contribution is 2.45. The highest BCUT2D eigenvalue weighted by atomic mass is 16.7. The van der Waals surface area contributed by atoms with Crippen molar-refractivity contribution in [2.24, 2.45) is 0 Å². The summed E-state index contributed by atoms with van der Waals surface area (Å²) in [4.78, 5) is 13.1. The summed E-state index contributed by atoms with van der Waals surface area (Å²) in [5, 5.41) is 102. The lowest BCUT2D eigenvalue weighted by Gasteiger charge is -2.45. The van der Waals surface area contributed by atoms with E-state index in [2.05, 4.69) is 0 Å². The zero-order valence-corrected chi connectivity index (χ0v) is 21.0. The van der Waals surface area contributed by atoms with Gasteiger partial charge in [-0.25, -0.2) is 0 Å². The van der Waals surface area contributed by atoms with Crippen LogP contribution in [0.1, 0.15) is 11.7 Å². The van der Waals surface area contributed by atoms with Crippen molar-refractivity contribution in [3.8, 4) is 34.3 Å². The highest BCUT2D eigenvalue weighted by molar-refractivity contribution is 5.89. The molecule has 9 atom stereocenters. The molecule has 0 unspecified atom stereocenters.